The van der Waals surface area contributed by atoms with Gasteiger partial charge in [-0.2, -0.15) is 23.5 Å². The number of carbonyl (C=O) groups excluding carboxylic acids is 1. The van der Waals surface area contributed by atoms with Crippen molar-refractivity contribution in [3.8, 4) is 6.07 Å². The van der Waals surface area contributed by atoms with Crippen molar-refractivity contribution < 1.29 is 22.7 Å². The van der Waals surface area contributed by atoms with E-state index in [0.717, 1.165) is 11.8 Å². The van der Waals surface area contributed by atoms with Crippen LogP contribution >= 0.6 is 0 Å². The molecule has 0 N–H and O–H groups in total. The minimum atomic E-state index is -4.60. The summed E-state index contributed by atoms with van der Waals surface area (Å²) in [4.78, 5) is 17.2. The Kier molecular flexibility index (Phi) is 6.82. The molecule has 0 saturated carbocycles. The number of hydrogen-bond acceptors (Lipinski definition) is 5. The van der Waals surface area contributed by atoms with Crippen LogP contribution in [0, 0.1) is 29.6 Å². The Bertz CT molecular complexity index is 1140. The number of fused-ring (bicyclic) bond motifs is 1. The summed E-state index contributed by atoms with van der Waals surface area (Å²) in [6.45, 7) is 9.61. The highest BCUT2D eigenvalue weighted by atomic mass is 19.4. The summed E-state index contributed by atoms with van der Waals surface area (Å²) in [5, 5.41) is 13.4. The van der Waals surface area contributed by atoms with Crippen molar-refractivity contribution in [2.45, 2.75) is 39.9 Å². The molecule has 2 fully saturated rings. The van der Waals surface area contributed by atoms with E-state index in [1.807, 2.05) is 30.6 Å². The maximum atomic E-state index is 13.5. The van der Waals surface area contributed by atoms with Gasteiger partial charge in [-0.15, -0.1) is 0 Å². The van der Waals surface area contributed by atoms with Crippen LogP contribution < -0.4 is 4.90 Å². The average molecular weight is 490 g/mol. The number of rotatable bonds is 6. The first-order valence-electron chi connectivity index (χ1n) is 11.9. The Hall–Kier alpha value is -3.06. The van der Waals surface area contributed by atoms with Crippen molar-refractivity contribution in [1.82, 2.24) is 14.7 Å². The molecule has 2 aliphatic rings. The Morgan fingerprint density at radius 2 is 2.09 bits per heavy atom. The Labute approximate surface area is 203 Å². The van der Waals surface area contributed by atoms with Crippen LogP contribution in [0.1, 0.15) is 47.4 Å². The predicted octanol–water partition coefficient (Wildman–Crippen LogP) is 4.11. The fourth-order valence-electron chi connectivity index (χ4n) is 5.42. The van der Waals surface area contributed by atoms with Gasteiger partial charge < -0.3 is 14.5 Å². The molecule has 0 radical (unpaired) electrons. The zero-order valence-electron chi connectivity index (χ0n) is 20.2. The fraction of sp³-hybridized carbons (Fsp3) is 0.560. The molecule has 188 valence electrons. The SMILES string of the molecule is CCOC[C@@]12CCN(c3ccc(C#N)c(C(F)(F)F)c3)C[C@@H]1CN(C(=O)c1cnn(CC)c1C)C2. The standard InChI is InChI=1S/C25H30F3N5O2/c1-4-33-17(3)21(12-30-33)23(34)32-14-19-13-31(9-8-24(19,15-32)16-35-5-2)20-7-6-18(11-29)22(10-20)25(26,27)28/h6-7,10,12,19H,4-5,8-9,13-16H2,1-3H3/t19-,24+/m1/s1. The van der Waals surface area contributed by atoms with Crippen LogP contribution in [-0.2, 0) is 17.5 Å². The highest BCUT2D eigenvalue weighted by molar-refractivity contribution is 5.95. The molecule has 2 aromatic rings. The first-order valence-corrected chi connectivity index (χ1v) is 11.9. The molecular weight excluding hydrogens is 459 g/mol. The van der Waals surface area contributed by atoms with Crippen molar-refractivity contribution in [3.63, 3.8) is 0 Å². The maximum absolute atomic E-state index is 13.5. The van der Waals surface area contributed by atoms with Crippen LogP contribution in [-0.4, -0.2) is 60.0 Å². The van der Waals surface area contributed by atoms with Crippen molar-refractivity contribution in [1.29, 1.82) is 5.26 Å². The van der Waals surface area contributed by atoms with E-state index in [9.17, 15) is 18.0 Å². The second-order valence-electron chi connectivity index (χ2n) is 9.38. The molecule has 1 aromatic heterocycles. The van der Waals surface area contributed by atoms with E-state index < -0.39 is 11.7 Å². The number of piperidine rings is 1. The topological polar surface area (TPSA) is 74.4 Å². The molecule has 7 nitrogen and oxygen atoms in total. The summed E-state index contributed by atoms with van der Waals surface area (Å²) in [5.41, 5.74) is 0.281. The van der Waals surface area contributed by atoms with Crippen molar-refractivity contribution in [2.75, 3.05) is 44.3 Å². The number of amides is 1. The predicted molar refractivity (Wildman–Crippen MR) is 124 cm³/mol. The number of hydrogen-bond donors (Lipinski definition) is 0. The molecule has 4 rings (SSSR count). The molecule has 35 heavy (non-hydrogen) atoms. The largest absolute Gasteiger partial charge is 0.417 e. The number of likely N-dealkylation sites (tertiary alicyclic amines) is 1. The summed E-state index contributed by atoms with van der Waals surface area (Å²) >= 11 is 0. The van der Waals surface area contributed by atoms with Crippen LogP contribution in [0.15, 0.2) is 24.4 Å². The number of halogens is 3. The van der Waals surface area contributed by atoms with Gasteiger partial charge in [-0.3, -0.25) is 9.48 Å². The molecule has 0 spiro atoms. The van der Waals surface area contributed by atoms with Gasteiger partial charge in [-0.1, -0.05) is 0 Å². The number of aromatic nitrogens is 2. The molecular formula is C25H30F3N5O2. The van der Waals surface area contributed by atoms with Crippen LogP contribution in [0.3, 0.4) is 0 Å². The summed E-state index contributed by atoms with van der Waals surface area (Å²) in [7, 11) is 0. The van der Waals surface area contributed by atoms with Crippen LogP contribution in [0.5, 0.6) is 0 Å². The lowest BCUT2D eigenvalue weighted by atomic mass is 9.73. The van der Waals surface area contributed by atoms with Gasteiger partial charge in [-0.05, 0) is 45.4 Å². The number of nitrogens with zero attached hydrogens (tertiary/aromatic N) is 5. The molecule has 1 aromatic carbocycles. The molecule has 2 saturated heterocycles. The zero-order chi connectivity index (χ0) is 25.4. The highest BCUT2D eigenvalue weighted by Gasteiger charge is 2.51. The van der Waals surface area contributed by atoms with E-state index in [0.29, 0.717) is 63.6 Å². The lowest BCUT2D eigenvalue weighted by Gasteiger charge is -2.44. The van der Waals surface area contributed by atoms with Crippen LogP contribution in [0.25, 0.3) is 0 Å². The van der Waals surface area contributed by atoms with Gasteiger partial charge in [0, 0.05) is 62.0 Å². The smallest absolute Gasteiger partial charge is 0.381 e. The van der Waals surface area contributed by atoms with Crippen molar-refractivity contribution >= 4 is 11.6 Å². The number of anilines is 1. The fourth-order valence-corrected chi connectivity index (χ4v) is 5.42. The summed E-state index contributed by atoms with van der Waals surface area (Å²) in [6, 6.07) is 5.51. The van der Waals surface area contributed by atoms with Gasteiger partial charge in [0.25, 0.3) is 5.91 Å². The Balaban J connectivity index is 1.59. The van der Waals surface area contributed by atoms with E-state index in [4.69, 9.17) is 10.00 Å². The quantitative estimate of drug-likeness (QED) is 0.611. The Morgan fingerprint density at radius 3 is 2.71 bits per heavy atom. The molecule has 0 unspecified atom stereocenters. The van der Waals surface area contributed by atoms with Gasteiger partial charge in [0.2, 0.25) is 0 Å². The first-order chi connectivity index (χ1) is 16.6. The molecule has 2 aliphatic heterocycles. The van der Waals surface area contributed by atoms with Crippen molar-refractivity contribution in [3.05, 3.63) is 46.8 Å². The van der Waals surface area contributed by atoms with E-state index in [-0.39, 0.29) is 22.8 Å². The number of nitriles is 1. The minimum Gasteiger partial charge on any atom is -0.381 e. The number of carbonyl (C=O) groups is 1. The lowest BCUT2D eigenvalue weighted by Crippen LogP contribution is -2.49. The normalized spacial score (nSPS) is 22.3. The van der Waals surface area contributed by atoms with Gasteiger partial charge in [-0.25, -0.2) is 0 Å². The molecule has 0 bridgehead atoms. The first kappa shape index (κ1) is 25.0. The van der Waals surface area contributed by atoms with E-state index >= 15 is 0 Å². The second-order valence-corrected chi connectivity index (χ2v) is 9.38. The number of ether oxygens (including phenoxy) is 1. The third-order valence-corrected chi connectivity index (χ3v) is 7.44. The molecule has 2 atom stereocenters. The average Bonchev–Trinajstić information content (AvgIpc) is 3.41. The van der Waals surface area contributed by atoms with E-state index in [1.165, 1.54) is 6.07 Å². The van der Waals surface area contributed by atoms with E-state index in [1.54, 1.807) is 23.0 Å². The molecule has 0 aliphatic carbocycles. The van der Waals surface area contributed by atoms with Gasteiger partial charge >= 0.3 is 6.18 Å². The summed E-state index contributed by atoms with van der Waals surface area (Å²) in [6.07, 6.45) is -2.30. The van der Waals surface area contributed by atoms with Crippen molar-refractivity contribution in [2.24, 2.45) is 11.3 Å². The maximum Gasteiger partial charge on any atom is 0.417 e. The number of benzene rings is 1. The third kappa shape index (κ3) is 4.61. The zero-order valence-corrected chi connectivity index (χ0v) is 20.2. The lowest BCUT2D eigenvalue weighted by molar-refractivity contribution is -0.137. The number of aryl methyl sites for hydroxylation is 1. The van der Waals surface area contributed by atoms with Crippen LogP contribution in [0.4, 0.5) is 18.9 Å². The van der Waals surface area contributed by atoms with Gasteiger partial charge in [0.1, 0.15) is 0 Å². The third-order valence-electron chi connectivity index (χ3n) is 7.44. The summed E-state index contributed by atoms with van der Waals surface area (Å²) in [5.74, 6) is -0.0324. The molecule has 3 heterocycles. The minimum absolute atomic E-state index is 0.0401. The van der Waals surface area contributed by atoms with E-state index in [2.05, 4.69) is 5.10 Å². The Morgan fingerprint density at radius 1 is 1.31 bits per heavy atom. The number of alkyl halides is 3. The van der Waals surface area contributed by atoms with Crippen LogP contribution in [0.2, 0.25) is 0 Å². The monoisotopic (exact) mass is 489 g/mol. The summed E-state index contributed by atoms with van der Waals surface area (Å²) < 4.78 is 48.2. The highest BCUT2D eigenvalue weighted by Crippen LogP contribution is 2.45. The second kappa shape index (κ2) is 9.53. The van der Waals surface area contributed by atoms with Gasteiger partial charge in [0.15, 0.2) is 0 Å². The molecule has 1 amide bonds. The van der Waals surface area contributed by atoms with Gasteiger partial charge in [0.05, 0.1) is 35.6 Å². The molecule has 10 heteroatoms.